The summed E-state index contributed by atoms with van der Waals surface area (Å²) in [6.07, 6.45) is 0.501. The molecule has 136 valence electrons. The van der Waals surface area contributed by atoms with Crippen molar-refractivity contribution < 1.29 is 4.79 Å². The standard InChI is InChI=1S/C25H25NO/c1-25(2,21-12-4-3-5-13-21)16-24(27)26-17-19-10-6-8-14-22(19)23-15-9-7-11-20(23)18-26/h3-15H,16-18H2,1-2H3. The molecule has 0 atom stereocenters. The van der Waals surface area contributed by atoms with Crippen LogP contribution in [-0.2, 0) is 23.3 Å². The highest BCUT2D eigenvalue weighted by Crippen LogP contribution is 2.34. The molecule has 1 aliphatic heterocycles. The van der Waals surface area contributed by atoms with Gasteiger partial charge in [0.1, 0.15) is 0 Å². The number of carbonyl (C=O) groups excluding carboxylic acids is 1. The molecule has 0 radical (unpaired) electrons. The molecule has 2 heteroatoms. The molecule has 1 heterocycles. The van der Waals surface area contributed by atoms with Crippen LogP contribution in [0.15, 0.2) is 78.9 Å². The SMILES string of the molecule is CC(C)(CC(=O)N1Cc2ccccc2-c2ccccc2C1)c1ccccc1. The van der Waals surface area contributed by atoms with E-state index in [-0.39, 0.29) is 11.3 Å². The van der Waals surface area contributed by atoms with Crippen LogP contribution >= 0.6 is 0 Å². The smallest absolute Gasteiger partial charge is 0.224 e. The van der Waals surface area contributed by atoms with Gasteiger partial charge in [0.25, 0.3) is 0 Å². The van der Waals surface area contributed by atoms with Crippen LogP contribution in [0.1, 0.15) is 37.0 Å². The molecule has 0 saturated heterocycles. The number of hydrogen-bond acceptors (Lipinski definition) is 1. The summed E-state index contributed by atoms with van der Waals surface area (Å²) in [6, 6.07) is 27.2. The first kappa shape index (κ1) is 17.5. The molecule has 2 nitrogen and oxygen atoms in total. The summed E-state index contributed by atoms with van der Waals surface area (Å²) < 4.78 is 0. The van der Waals surface area contributed by atoms with Gasteiger partial charge in [-0.15, -0.1) is 0 Å². The Bertz CT molecular complexity index is 911. The van der Waals surface area contributed by atoms with Gasteiger partial charge in [-0.3, -0.25) is 4.79 Å². The van der Waals surface area contributed by atoms with Gasteiger partial charge in [-0.25, -0.2) is 0 Å². The predicted octanol–water partition coefficient (Wildman–Crippen LogP) is 5.56. The average Bonchev–Trinajstić information content (AvgIpc) is 2.85. The van der Waals surface area contributed by atoms with Gasteiger partial charge in [0, 0.05) is 19.5 Å². The molecule has 3 aromatic rings. The zero-order valence-corrected chi connectivity index (χ0v) is 16.0. The second kappa shape index (κ2) is 7.03. The van der Waals surface area contributed by atoms with Crippen LogP contribution in [0.5, 0.6) is 0 Å². The molecule has 27 heavy (non-hydrogen) atoms. The Morgan fingerprint density at radius 1 is 0.778 bits per heavy atom. The Hall–Kier alpha value is -2.87. The second-order valence-electron chi connectivity index (χ2n) is 7.99. The molecule has 0 N–H and O–H groups in total. The van der Waals surface area contributed by atoms with Gasteiger partial charge in [0.2, 0.25) is 5.91 Å². The van der Waals surface area contributed by atoms with Gasteiger partial charge < -0.3 is 4.90 Å². The van der Waals surface area contributed by atoms with Crippen LogP contribution < -0.4 is 0 Å². The number of benzene rings is 3. The highest BCUT2D eigenvalue weighted by molar-refractivity contribution is 5.80. The monoisotopic (exact) mass is 355 g/mol. The largest absolute Gasteiger partial charge is 0.334 e. The Balaban J connectivity index is 1.64. The second-order valence-corrected chi connectivity index (χ2v) is 7.99. The third-order valence-corrected chi connectivity index (χ3v) is 5.55. The summed E-state index contributed by atoms with van der Waals surface area (Å²) in [4.78, 5) is 15.3. The number of nitrogens with zero attached hydrogens (tertiary/aromatic N) is 1. The molecule has 0 aromatic heterocycles. The van der Waals surface area contributed by atoms with Gasteiger partial charge >= 0.3 is 0 Å². The molecule has 0 saturated carbocycles. The maximum atomic E-state index is 13.3. The van der Waals surface area contributed by atoms with Crippen molar-refractivity contribution in [1.82, 2.24) is 4.90 Å². The van der Waals surface area contributed by atoms with Crippen LogP contribution in [0, 0.1) is 0 Å². The number of amides is 1. The van der Waals surface area contributed by atoms with Gasteiger partial charge in [0.05, 0.1) is 0 Å². The lowest BCUT2D eigenvalue weighted by atomic mass is 9.81. The van der Waals surface area contributed by atoms with Crippen LogP contribution in [0.4, 0.5) is 0 Å². The highest BCUT2D eigenvalue weighted by atomic mass is 16.2. The van der Waals surface area contributed by atoms with Crippen molar-refractivity contribution >= 4 is 5.91 Å². The lowest BCUT2D eigenvalue weighted by molar-refractivity contribution is -0.133. The summed E-state index contributed by atoms with van der Waals surface area (Å²) >= 11 is 0. The minimum atomic E-state index is -0.191. The van der Waals surface area contributed by atoms with Crippen molar-refractivity contribution in [3.8, 4) is 11.1 Å². The Kier molecular flexibility index (Phi) is 4.57. The first-order valence-electron chi connectivity index (χ1n) is 9.54. The third-order valence-electron chi connectivity index (χ3n) is 5.55. The zero-order chi connectivity index (χ0) is 18.9. The predicted molar refractivity (Wildman–Crippen MR) is 110 cm³/mol. The molecular formula is C25H25NO. The molecular weight excluding hydrogens is 330 g/mol. The van der Waals surface area contributed by atoms with E-state index in [9.17, 15) is 4.79 Å². The number of hydrogen-bond donors (Lipinski definition) is 0. The van der Waals surface area contributed by atoms with Gasteiger partial charge in [0.15, 0.2) is 0 Å². The van der Waals surface area contributed by atoms with Crippen molar-refractivity contribution in [1.29, 1.82) is 0 Å². The lowest BCUT2D eigenvalue weighted by Crippen LogP contribution is -2.34. The fraction of sp³-hybridized carbons (Fsp3) is 0.240. The fourth-order valence-corrected chi connectivity index (χ4v) is 3.97. The summed E-state index contributed by atoms with van der Waals surface area (Å²) in [5, 5.41) is 0. The highest BCUT2D eigenvalue weighted by Gasteiger charge is 2.29. The van der Waals surface area contributed by atoms with Crippen LogP contribution in [0.2, 0.25) is 0 Å². The minimum Gasteiger partial charge on any atom is -0.334 e. The summed E-state index contributed by atoms with van der Waals surface area (Å²) in [6.45, 7) is 5.63. The van der Waals surface area contributed by atoms with Crippen LogP contribution in [0.25, 0.3) is 11.1 Å². The van der Waals surface area contributed by atoms with E-state index < -0.39 is 0 Å². The van der Waals surface area contributed by atoms with E-state index in [1.54, 1.807) is 0 Å². The third kappa shape index (κ3) is 3.52. The first-order chi connectivity index (χ1) is 13.0. The Morgan fingerprint density at radius 2 is 1.26 bits per heavy atom. The summed E-state index contributed by atoms with van der Waals surface area (Å²) in [5.74, 6) is 0.204. The zero-order valence-electron chi connectivity index (χ0n) is 16.0. The molecule has 0 fully saturated rings. The van der Waals surface area contributed by atoms with E-state index in [1.165, 1.54) is 27.8 Å². The van der Waals surface area contributed by atoms with Gasteiger partial charge in [-0.1, -0.05) is 92.7 Å². The van der Waals surface area contributed by atoms with Crippen LogP contribution in [0.3, 0.4) is 0 Å². The van der Waals surface area contributed by atoms with E-state index in [0.29, 0.717) is 19.5 Å². The van der Waals surface area contributed by atoms with Crippen molar-refractivity contribution in [2.45, 2.75) is 38.8 Å². The molecule has 0 bridgehead atoms. The van der Waals surface area contributed by atoms with E-state index in [4.69, 9.17) is 0 Å². The topological polar surface area (TPSA) is 20.3 Å². The quantitative estimate of drug-likeness (QED) is 0.602. The van der Waals surface area contributed by atoms with Gasteiger partial charge in [-0.05, 0) is 33.2 Å². The van der Waals surface area contributed by atoms with E-state index in [1.807, 2.05) is 23.1 Å². The van der Waals surface area contributed by atoms with Crippen molar-refractivity contribution in [3.05, 3.63) is 95.6 Å². The van der Waals surface area contributed by atoms with Crippen LogP contribution in [-0.4, -0.2) is 10.8 Å². The lowest BCUT2D eigenvalue weighted by Gasteiger charge is -2.29. The molecule has 1 aliphatic rings. The first-order valence-corrected chi connectivity index (χ1v) is 9.54. The molecule has 4 rings (SSSR count). The maximum Gasteiger partial charge on any atom is 0.224 e. The minimum absolute atomic E-state index is 0.191. The molecule has 0 aliphatic carbocycles. The number of rotatable bonds is 3. The maximum absolute atomic E-state index is 13.3. The molecule has 0 spiro atoms. The van der Waals surface area contributed by atoms with E-state index in [2.05, 4.69) is 74.5 Å². The Morgan fingerprint density at radius 3 is 1.81 bits per heavy atom. The number of fused-ring (bicyclic) bond motifs is 3. The molecule has 0 unspecified atom stereocenters. The van der Waals surface area contributed by atoms with Crippen molar-refractivity contribution in [2.75, 3.05) is 0 Å². The summed E-state index contributed by atoms with van der Waals surface area (Å²) in [5.41, 5.74) is 5.93. The van der Waals surface area contributed by atoms with Crippen molar-refractivity contribution in [3.63, 3.8) is 0 Å². The van der Waals surface area contributed by atoms with E-state index >= 15 is 0 Å². The van der Waals surface area contributed by atoms with E-state index in [0.717, 1.165) is 0 Å². The van der Waals surface area contributed by atoms with Gasteiger partial charge in [-0.2, -0.15) is 0 Å². The molecule has 1 amide bonds. The summed E-state index contributed by atoms with van der Waals surface area (Å²) in [7, 11) is 0. The fourth-order valence-electron chi connectivity index (χ4n) is 3.97. The normalized spacial score (nSPS) is 13.5. The number of carbonyl (C=O) groups is 1. The Labute approximate surface area is 161 Å². The average molecular weight is 355 g/mol. The van der Waals surface area contributed by atoms with Crippen molar-refractivity contribution in [2.24, 2.45) is 0 Å². The molecule has 3 aromatic carbocycles.